The third-order valence-electron chi connectivity index (χ3n) is 5.02. The molecule has 0 saturated carbocycles. The van der Waals surface area contributed by atoms with E-state index in [1.165, 1.54) is 16.7 Å². The molecule has 2 aliphatic rings. The molecule has 1 saturated heterocycles. The molecule has 0 radical (unpaired) electrons. The second kappa shape index (κ2) is 5.60. The standard InChI is InChI=1S/C19H21NO.ClH/c1-14-6-5-7-15(12-14)19-10-11-20(2)13-17(19)16-8-3-4-9-18(16)21-19;/h3-9,12,17H,10-11,13H2,1-2H3;1H/t17-,19+;/m1./s1. The number of hydrogen-bond donors (Lipinski definition) is 0. The molecule has 22 heavy (non-hydrogen) atoms. The molecule has 116 valence electrons. The van der Waals surface area contributed by atoms with E-state index in [0.29, 0.717) is 5.92 Å². The molecule has 2 atom stereocenters. The number of likely N-dealkylation sites (tertiary alicyclic amines) is 1. The van der Waals surface area contributed by atoms with Gasteiger partial charge in [0, 0.05) is 31.0 Å². The first kappa shape index (κ1) is 15.4. The summed E-state index contributed by atoms with van der Waals surface area (Å²) in [7, 11) is 2.21. The van der Waals surface area contributed by atoms with Crippen molar-refractivity contribution < 1.29 is 4.74 Å². The molecule has 0 bridgehead atoms. The van der Waals surface area contributed by atoms with Crippen LogP contribution in [0, 0.1) is 6.92 Å². The van der Waals surface area contributed by atoms with E-state index < -0.39 is 0 Å². The zero-order valence-corrected chi connectivity index (χ0v) is 13.9. The molecule has 2 aliphatic heterocycles. The molecule has 0 unspecified atom stereocenters. The van der Waals surface area contributed by atoms with E-state index in [1.807, 2.05) is 0 Å². The van der Waals surface area contributed by atoms with Gasteiger partial charge < -0.3 is 9.64 Å². The van der Waals surface area contributed by atoms with Crippen LogP contribution >= 0.6 is 12.4 Å². The Morgan fingerprint density at radius 1 is 1.14 bits per heavy atom. The molecule has 2 heterocycles. The molecule has 2 aromatic carbocycles. The fraction of sp³-hybridized carbons (Fsp3) is 0.368. The predicted octanol–water partition coefficient (Wildman–Crippen LogP) is 4.12. The molecule has 1 fully saturated rings. The highest BCUT2D eigenvalue weighted by molar-refractivity contribution is 5.85. The van der Waals surface area contributed by atoms with Gasteiger partial charge in [-0.3, -0.25) is 0 Å². The van der Waals surface area contributed by atoms with E-state index in [-0.39, 0.29) is 18.0 Å². The zero-order valence-electron chi connectivity index (χ0n) is 13.1. The fourth-order valence-corrected chi connectivity index (χ4v) is 3.92. The Labute approximate surface area is 138 Å². The molecule has 0 spiro atoms. The van der Waals surface area contributed by atoms with Crippen molar-refractivity contribution in [2.24, 2.45) is 0 Å². The van der Waals surface area contributed by atoms with Crippen molar-refractivity contribution in [1.29, 1.82) is 0 Å². The lowest BCUT2D eigenvalue weighted by Gasteiger charge is -2.42. The largest absolute Gasteiger partial charge is 0.482 e. The van der Waals surface area contributed by atoms with E-state index in [9.17, 15) is 0 Å². The Morgan fingerprint density at radius 3 is 2.77 bits per heavy atom. The molecule has 0 aliphatic carbocycles. The average molecular weight is 316 g/mol. The van der Waals surface area contributed by atoms with Crippen LogP contribution < -0.4 is 4.74 Å². The van der Waals surface area contributed by atoms with Crippen molar-refractivity contribution in [2.45, 2.75) is 24.9 Å². The number of halogens is 1. The Balaban J connectivity index is 0.00000144. The summed E-state index contributed by atoms with van der Waals surface area (Å²) < 4.78 is 6.56. The Morgan fingerprint density at radius 2 is 1.95 bits per heavy atom. The number of fused-ring (bicyclic) bond motifs is 3. The van der Waals surface area contributed by atoms with Gasteiger partial charge in [0.1, 0.15) is 11.4 Å². The summed E-state index contributed by atoms with van der Waals surface area (Å²) in [5.41, 5.74) is 3.82. The monoisotopic (exact) mass is 315 g/mol. The van der Waals surface area contributed by atoms with Crippen LogP contribution in [0.25, 0.3) is 0 Å². The Kier molecular flexibility index (Phi) is 3.92. The molecule has 3 heteroatoms. The van der Waals surface area contributed by atoms with E-state index >= 15 is 0 Å². The SMILES string of the molecule is Cc1cccc([C@@]23CCN(C)C[C@@H]2c2ccccc2O3)c1.Cl. The van der Waals surface area contributed by atoms with Gasteiger partial charge in [0.15, 0.2) is 0 Å². The van der Waals surface area contributed by atoms with Gasteiger partial charge in [-0.2, -0.15) is 0 Å². The first-order valence-electron chi connectivity index (χ1n) is 7.73. The molecule has 0 N–H and O–H groups in total. The first-order chi connectivity index (χ1) is 10.2. The average Bonchev–Trinajstić information content (AvgIpc) is 2.82. The third kappa shape index (κ3) is 2.22. The summed E-state index contributed by atoms with van der Waals surface area (Å²) in [5, 5.41) is 0. The van der Waals surface area contributed by atoms with Gasteiger partial charge in [0.2, 0.25) is 0 Å². The summed E-state index contributed by atoms with van der Waals surface area (Å²) >= 11 is 0. The number of aryl methyl sites for hydroxylation is 1. The quantitative estimate of drug-likeness (QED) is 0.785. The van der Waals surface area contributed by atoms with Crippen LogP contribution in [-0.4, -0.2) is 25.0 Å². The molecular weight excluding hydrogens is 294 g/mol. The molecule has 0 aromatic heterocycles. The van der Waals surface area contributed by atoms with Crippen molar-refractivity contribution in [1.82, 2.24) is 4.90 Å². The van der Waals surface area contributed by atoms with Gasteiger partial charge in [0.25, 0.3) is 0 Å². The number of likely N-dealkylation sites (N-methyl/N-ethyl adjacent to an activating group) is 1. The summed E-state index contributed by atoms with van der Waals surface area (Å²) in [6.07, 6.45) is 1.05. The number of hydrogen-bond acceptors (Lipinski definition) is 2. The van der Waals surface area contributed by atoms with Crippen LogP contribution in [0.5, 0.6) is 5.75 Å². The predicted molar refractivity (Wildman–Crippen MR) is 92.0 cm³/mol. The van der Waals surface area contributed by atoms with Gasteiger partial charge in [0.05, 0.1) is 0 Å². The second-order valence-electron chi connectivity index (χ2n) is 6.46. The molecule has 0 amide bonds. The first-order valence-corrected chi connectivity index (χ1v) is 7.73. The van der Waals surface area contributed by atoms with Crippen LogP contribution in [0.1, 0.15) is 29.0 Å². The smallest absolute Gasteiger partial charge is 0.143 e. The summed E-state index contributed by atoms with van der Waals surface area (Å²) in [6, 6.07) is 17.4. The van der Waals surface area contributed by atoms with Gasteiger partial charge >= 0.3 is 0 Å². The van der Waals surface area contributed by atoms with Crippen LogP contribution in [0.4, 0.5) is 0 Å². The zero-order chi connectivity index (χ0) is 14.4. The number of rotatable bonds is 1. The number of nitrogens with zero attached hydrogens (tertiary/aromatic N) is 1. The van der Waals surface area contributed by atoms with Crippen molar-refractivity contribution in [3.63, 3.8) is 0 Å². The lowest BCUT2D eigenvalue weighted by atomic mass is 9.74. The lowest BCUT2D eigenvalue weighted by Crippen LogP contribution is -2.47. The number of para-hydroxylation sites is 1. The van der Waals surface area contributed by atoms with E-state index in [2.05, 4.69) is 67.4 Å². The number of ether oxygens (including phenoxy) is 1. The van der Waals surface area contributed by atoms with E-state index in [1.54, 1.807) is 0 Å². The number of benzene rings is 2. The van der Waals surface area contributed by atoms with Gasteiger partial charge in [-0.15, -0.1) is 12.4 Å². The topological polar surface area (TPSA) is 12.5 Å². The van der Waals surface area contributed by atoms with Gasteiger partial charge in [-0.05, 0) is 25.6 Å². The molecular formula is C19H22ClNO. The Hall–Kier alpha value is -1.51. The maximum absolute atomic E-state index is 6.56. The van der Waals surface area contributed by atoms with Crippen LogP contribution in [-0.2, 0) is 5.60 Å². The van der Waals surface area contributed by atoms with Crippen LogP contribution in [0.15, 0.2) is 48.5 Å². The minimum absolute atomic E-state index is 0. The maximum Gasteiger partial charge on any atom is 0.143 e. The highest BCUT2D eigenvalue weighted by Gasteiger charge is 2.51. The highest BCUT2D eigenvalue weighted by Crippen LogP contribution is 2.54. The van der Waals surface area contributed by atoms with Crippen molar-refractivity contribution in [3.05, 3.63) is 65.2 Å². The highest BCUT2D eigenvalue weighted by atomic mass is 35.5. The molecule has 2 nitrogen and oxygen atoms in total. The van der Waals surface area contributed by atoms with Crippen LogP contribution in [0.3, 0.4) is 0 Å². The van der Waals surface area contributed by atoms with Crippen molar-refractivity contribution in [2.75, 3.05) is 20.1 Å². The Bertz CT molecular complexity index is 687. The number of piperidine rings is 1. The minimum atomic E-state index is -0.178. The lowest BCUT2D eigenvalue weighted by molar-refractivity contribution is 0.00698. The minimum Gasteiger partial charge on any atom is -0.482 e. The van der Waals surface area contributed by atoms with Gasteiger partial charge in [-0.25, -0.2) is 0 Å². The second-order valence-corrected chi connectivity index (χ2v) is 6.46. The molecule has 4 rings (SSSR count). The third-order valence-corrected chi connectivity index (χ3v) is 5.02. The van der Waals surface area contributed by atoms with Crippen molar-refractivity contribution >= 4 is 12.4 Å². The maximum atomic E-state index is 6.56. The van der Waals surface area contributed by atoms with Gasteiger partial charge in [-0.1, -0.05) is 48.0 Å². The normalized spacial score (nSPS) is 26.5. The van der Waals surface area contributed by atoms with E-state index in [0.717, 1.165) is 25.3 Å². The van der Waals surface area contributed by atoms with Crippen molar-refractivity contribution in [3.8, 4) is 5.75 Å². The summed E-state index contributed by atoms with van der Waals surface area (Å²) in [4.78, 5) is 2.42. The summed E-state index contributed by atoms with van der Waals surface area (Å²) in [5.74, 6) is 1.49. The van der Waals surface area contributed by atoms with Crippen LogP contribution in [0.2, 0.25) is 0 Å². The fourth-order valence-electron chi connectivity index (χ4n) is 3.92. The molecule has 2 aromatic rings. The summed E-state index contributed by atoms with van der Waals surface area (Å²) in [6.45, 7) is 4.30. The van der Waals surface area contributed by atoms with E-state index in [4.69, 9.17) is 4.74 Å².